The molecule has 0 heterocycles. The van der Waals surface area contributed by atoms with Crippen molar-refractivity contribution in [3.05, 3.63) is 61.7 Å². The summed E-state index contributed by atoms with van der Waals surface area (Å²) in [6.45, 7) is 0. The number of primary amides is 1. The third kappa shape index (κ3) is 3.96. The standard InChI is InChI=1S/C14H10Br2ClFN2O/c15-7-1-4-12(18)9(5-7)13(14(19)21)20-8-2-3-11(17)10(16)6-8/h1-6,13,20H,(H2,19,21). The van der Waals surface area contributed by atoms with Gasteiger partial charge in [0.05, 0.1) is 5.02 Å². The summed E-state index contributed by atoms with van der Waals surface area (Å²) in [5, 5.41) is 3.44. The maximum absolute atomic E-state index is 13.9. The van der Waals surface area contributed by atoms with Gasteiger partial charge >= 0.3 is 0 Å². The molecule has 0 aromatic heterocycles. The lowest BCUT2D eigenvalue weighted by Gasteiger charge is -2.18. The Bertz CT molecular complexity index is 697. The van der Waals surface area contributed by atoms with Gasteiger partial charge in [0.25, 0.3) is 0 Å². The summed E-state index contributed by atoms with van der Waals surface area (Å²) in [4.78, 5) is 11.7. The molecular weight excluding hydrogens is 426 g/mol. The number of halogens is 4. The van der Waals surface area contributed by atoms with E-state index >= 15 is 0 Å². The molecular formula is C14H10Br2ClFN2O. The fourth-order valence-electron chi connectivity index (χ4n) is 1.79. The molecule has 2 rings (SSSR count). The lowest BCUT2D eigenvalue weighted by Crippen LogP contribution is -2.28. The van der Waals surface area contributed by atoms with Crippen molar-refractivity contribution in [3.63, 3.8) is 0 Å². The summed E-state index contributed by atoms with van der Waals surface area (Å²) in [7, 11) is 0. The molecule has 0 fully saturated rings. The summed E-state index contributed by atoms with van der Waals surface area (Å²) in [5.41, 5.74) is 6.14. The monoisotopic (exact) mass is 434 g/mol. The first-order valence-corrected chi connectivity index (χ1v) is 7.80. The number of benzene rings is 2. The number of nitrogens with two attached hydrogens (primary N) is 1. The first-order valence-electron chi connectivity index (χ1n) is 5.84. The van der Waals surface area contributed by atoms with Crippen molar-refractivity contribution in [3.8, 4) is 0 Å². The predicted octanol–water partition coefficient (Wildman–Crippen LogP) is 4.64. The van der Waals surface area contributed by atoms with Gasteiger partial charge in [-0.05, 0) is 52.3 Å². The largest absolute Gasteiger partial charge is 0.370 e. The highest BCUT2D eigenvalue weighted by Gasteiger charge is 2.21. The third-order valence-electron chi connectivity index (χ3n) is 2.78. The predicted molar refractivity (Wildman–Crippen MR) is 88.8 cm³/mol. The molecule has 0 aliphatic rings. The van der Waals surface area contributed by atoms with Crippen LogP contribution < -0.4 is 11.1 Å². The van der Waals surface area contributed by atoms with Crippen molar-refractivity contribution >= 4 is 55.1 Å². The molecule has 7 heteroatoms. The maximum atomic E-state index is 13.9. The van der Waals surface area contributed by atoms with Crippen LogP contribution in [0.1, 0.15) is 11.6 Å². The van der Waals surface area contributed by atoms with E-state index in [1.54, 1.807) is 24.3 Å². The molecule has 0 spiro atoms. The number of hydrogen-bond donors (Lipinski definition) is 2. The van der Waals surface area contributed by atoms with Crippen LogP contribution in [0.25, 0.3) is 0 Å². The minimum Gasteiger partial charge on any atom is -0.370 e. The second kappa shape index (κ2) is 6.77. The van der Waals surface area contributed by atoms with Gasteiger partial charge in [0.2, 0.25) is 5.91 Å². The first-order chi connectivity index (χ1) is 9.88. The van der Waals surface area contributed by atoms with Gasteiger partial charge in [-0.3, -0.25) is 4.79 Å². The summed E-state index contributed by atoms with van der Waals surface area (Å²) >= 11 is 12.4. The van der Waals surface area contributed by atoms with E-state index in [9.17, 15) is 9.18 Å². The molecule has 3 N–H and O–H groups in total. The van der Waals surface area contributed by atoms with E-state index in [0.29, 0.717) is 19.7 Å². The van der Waals surface area contributed by atoms with Crippen LogP contribution in [0.2, 0.25) is 5.02 Å². The van der Waals surface area contributed by atoms with Crippen LogP contribution in [0.5, 0.6) is 0 Å². The third-order valence-corrected chi connectivity index (χ3v) is 4.49. The SMILES string of the molecule is NC(=O)C(Nc1ccc(Cl)c(Br)c1)c1cc(Br)ccc1F. The molecule has 3 nitrogen and oxygen atoms in total. The van der Waals surface area contributed by atoms with Crippen LogP contribution in [-0.4, -0.2) is 5.91 Å². The molecule has 0 aliphatic heterocycles. The Morgan fingerprint density at radius 2 is 1.95 bits per heavy atom. The van der Waals surface area contributed by atoms with Crippen LogP contribution in [0.4, 0.5) is 10.1 Å². The number of rotatable bonds is 4. The Hall–Kier alpha value is -1.11. The number of anilines is 1. The Morgan fingerprint density at radius 1 is 1.24 bits per heavy atom. The fraction of sp³-hybridized carbons (Fsp3) is 0.0714. The Labute approximate surface area is 142 Å². The highest BCUT2D eigenvalue weighted by Crippen LogP contribution is 2.29. The van der Waals surface area contributed by atoms with Crippen LogP contribution in [0.3, 0.4) is 0 Å². The highest BCUT2D eigenvalue weighted by molar-refractivity contribution is 9.10. The summed E-state index contributed by atoms with van der Waals surface area (Å²) in [6, 6.07) is 8.37. The van der Waals surface area contributed by atoms with Crippen molar-refractivity contribution < 1.29 is 9.18 Å². The van der Waals surface area contributed by atoms with Crippen molar-refractivity contribution in [1.29, 1.82) is 0 Å². The number of carbonyl (C=O) groups is 1. The molecule has 21 heavy (non-hydrogen) atoms. The molecule has 1 atom stereocenters. The Balaban J connectivity index is 2.37. The summed E-state index contributed by atoms with van der Waals surface area (Å²) < 4.78 is 15.2. The van der Waals surface area contributed by atoms with Gasteiger partial charge in [0.15, 0.2) is 0 Å². The van der Waals surface area contributed by atoms with Crippen molar-refractivity contribution in [2.75, 3.05) is 5.32 Å². The molecule has 110 valence electrons. The van der Waals surface area contributed by atoms with E-state index in [1.807, 2.05) is 0 Å². The minimum absolute atomic E-state index is 0.169. The lowest BCUT2D eigenvalue weighted by molar-refractivity contribution is -0.118. The van der Waals surface area contributed by atoms with Gasteiger partial charge in [-0.1, -0.05) is 27.5 Å². The van der Waals surface area contributed by atoms with E-state index < -0.39 is 17.8 Å². The molecule has 2 aromatic carbocycles. The molecule has 2 aromatic rings. The Kier molecular flexibility index (Phi) is 5.24. The average Bonchev–Trinajstić information content (AvgIpc) is 2.42. The Morgan fingerprint density at radius 3 is 2.57 bits per heavy atom. The fourth-order valence-corrected chi connectivity index (χ4v) is 2.67. The van der Waals surface area contributed by atoms with E-state index in [2.05, 4.69) is 37.2 Å². The van der Waals surface area contributed by atoms with Gasteiger partial charge in [-0.25, -0.2) is 4.39 Å². The van der Waals surface area contributed by atoms with Gasteiger partial charge in [-0.15, -0.1) is 0 Å². The maximum Gasteiger partial charge on any atom is 0.244 e. The topological polar surface area (TPSA) is 55.1 Å². The van der Waals surface area contributed by atoms with E-state index in [0.717, 1.165) is 0 Å². The van der Waals surface area contributed by atoms with Crippen molar-refractivity contribution in [1.82, 2.24) is 0 Å². The normalized spacial score (nSPS) is 12.0. The van der Waals surface area contributed by atoms with Gasteiger partial charge in [0, 0.05) is 20.2 Å². The summed E-state index contributed by atoms with van der Waals surface area (Å²) in [5.74, 6) is -1.19. The van der Waals surface area contributed by atoms with Crippen LogP contribution >= 0.6 is 43.5 Å². The van der Waals surface area contributed by atoms with E-state index in [-0.39, 0.29) is 5.56 Å². The molecule has 1 unspecified atom stereocenters. The summed E-state index contributed by atoms with van der Waals surface area (Å²) in [6.07, 6.45) is 0. The van der Waals surface area contributed by atoms with Crippen molar-refractivity contribution in [2.24, 2.45) is 5.73 Å². The zero-order chi connectivity index (χ0) is 15.6. The average molecular weight is 437 g/mol. The molecule has 1 amide bonds. The second-order valence-corrected chi connectivity index (χ2v) is 6.45. The molecule has 0 radical (unpaired) electrons. The molecule has 0 aliphatic carbocycles. The smallest absolute Gasteiger partial charge is 0.244 e. The second-order valence-electron chi connectivity index (χ2n) is 4.27. The van der Waals surface area contributed by atoms with Crippen LogP contribution in [0, 0.1) is 5.82 Å². The van der Waals surface area contributed by atoms with Gasteiger partial charge in [-0.2, -0.15) is 0 Å². The number of carbonyl (C=O) groups excluding carboxylic acids is 1. The van der Waals surface area contributed by atoms with Gasteiger partial charge < -0.3 is 11.1 Å². The molecule has 0 bridgehead atoms. The minimum atomic E-state index is -0.990. The molecule has 0 saturated heterocycles. The molecule has 0 saturated carbocycles. The van der Waals surface area contributed by atoms with Crippen LogP contribution in [0.15, 0.2) is 45.3 Å². The first kappa shape index (κ1) is 16.3. The number of hydrogen-bond acceptors (Lipinski definition) is 2. The lowest BCUT2D eigenvalue weighted by atomic mass is 10.1. The van der Waals surface area contributed by atoms with Crippen LogP contribution in [-0.2, 0) is 4.79 Å². The van der Waals surface area contributed by atoms with E-state index in [4.69, 9.17) is 17.3 Å². The zero-order valence-corrected chi connectivity index (χ0v) is 14.5. The number of nitrogens with one attached hydrogen (secondary N) is 1. The van der Waals surface area contributed by atoms with Gasteiger partial charge in [0.1, 0.15) is 11.9 Å². The van der Waals surface area contributed by atoms with Crippen molar-refractivity contribution in [2.45, 2.75) is 6.04 Å². The van der Waals surface area contributed by atoms with E-state index in [1.165, 1.54) is 12.1 Å². The number of amides is 1. The zero-order valence-electron chi connectivity index (χ0n) is 10.5. The highest BCUT2D eigenvalue weighted by atomic mass is 79.9. The quantitative estimate of drug-likeness (QED) is 0.734.